The van der Waals surface area contributed by atoms with Crippen LogP contribution in [0.5, 0.6) is 0 Å². The summed E-state index contributed by atoms with van der Waals surface area (Å²) < 4.78 is 0. The molecule has 1 aliphatic rings. The van der Waals surface area contributed by atoms with Crippen LogP contribution < -0.4 is 10.2 Å². The van der Waals surface area contributed by atoms with Gasteiger partial charge in [0.1, 0.15) is 0 Å². The molecule has 0 fully saturated rings. The molecular formula is C18H20N2O2S. The van der Waals surface area contributed by atoms with Gasteiger partial charge in [-0.25, -0.2) is 0 Å². The van der Waals surface area contributed by atoms with Gasteiger partial charge in [-0.1, -0.05) is 32.9 Å². The third-order valence-corrected chi connectivity index (χ3v) is 4.74. The number of anilines is 2. The molecule has 2 aromatic rings. The van der Waals surface area contributed by atoms with Crippen molar-refractivity contribution in [2.45, 2.75) is 27.2 Å². The van der Waals surface area contributed by atoms with Crippen LogP contribution in [0.2, 0.25) is 0 Å². The summed E-state index contributed by atoms with van der Waals surface area (Å²) in [6.45, 7) is 6.48. The summed E-state index contributed by atoms with van der Waals surface area (Å²) in [5.41, 5.74) is 2.36. The molecule has 5 heteroatoms. The van der Waals surface area contributed by atoms with Crippen molar-refractivity contribution in [2.75, 3.05) is 16.8 Å². The SMILES string of the molecule is CC(C)(C)C(=O)N1CCc2ccc(NC(=O)c3cccs3)cc21. The number of rotatable bonds is 2. The maximum atomic E-state index is 12.6. The average Bonchev–Trinajstić information content (AvgIpc) is 3.14. The minimum absolute atomic E-state index is 0.109. The van der Waals surface area contributed by atoms with Crippen molar-refractivity contribution in [3.63, 3.8) is 0 Å². The Balaban J connectivity index is 1.84. The molecule has 2 heterocycles. The smallest absolute Gasteiger partial charge is 0.265 e. The third kappa shape index (κ3) is 3.15. The number of carbonyl (C=O) groups is 2. The number of fused-ring (bicyclic) bond motifs is 1. The Morgan fingerprint density at radius 1 is 1.22 bits per heavy atom. The van der Waals surface area contributed by atoms with Gasteiger partial charge in [0.05, 0.1) is 4.88 Å². The van der Waals surface area contributed by atoms with Crippen molar-refractivity contribution in [3.8, 4) is 0 Å². The molecule has 1 N–H and O–H groups in total. The summed E-state index contributed by atoms with van der Waals surface area (Å²) >= 11 is 1.41. The summed E-state index contributed by atoms with van der Waals surface area (Å²) in [5, 5.41) is 4.78. The summed E-state index contributed by atoms with van der Waals surface area (Å²) in [6.07, 6.45) is 0.857. The number of amides is 2. The summed E-state index contributed by atoms with van der Waals surface area (Å²) in [5.74, 6) is -0.00960. The van der Waals surface area contributed by atoms with Crippen molar-refractivity contribution in [3.05, 3.63) is 46.2 Å². The Morgan fingerprint density at radius 2 is 2.00 bits per heavy atom. The highest BCUT2D eigenvalue weighted by Gasteiger charge is 2.32. The number of thiophene rings is 1. The van der Waals surface area contributed by atoms with Gasteiger partial charge in [-0.15, -0.1) is 11.3 Å². The molecule has 0 radical (unpaired) electrons. The monoisotopic (exact) mass is 328 g/mol. The molecule has 0 bridgehead atoms. The van der Waals surface area contributed by atoms with E-state index in [0.717, 1.165) is 23.4 Å². The molecule has 0 saturated carbocycles. The van der Waals surface area contributed by atoms with E-state index in [1.165, 1.54) is 11.3 Å². The van der Waals surface area contributed by atoms with Gasteiger partial charge in [-0.3, -0.25) is 9.59 Å². The first-order valence-corrected chi connectivity index (χ1v) is 8.54. The Hall–Kier alpha value is -2.14. The highest BCUT2D eigenvalue weighted by atomic mass is 32.1. The first kappa shape index (κ1) is 15.7. The largest absolute Gasteiger partial charge is 0.321 e. The van der Waals surface area contributed by atoms with Crippen LogP contribution in [0.4, 0.5) is 11.4 Å². The van der Waals surface area contributed by atoms with E-state index in [1.54, 1.807) is 6.07 Å². The van der Waals surface area contributed by atoms with Crippen LogP contribution in [-0.2, 0) is 11.2 Å². The van der Waals surface area contributed by atoms with Gasteiger partial charge >= 0.3 is 0 Å². The van der Waals surface area contributed by atoms with Gasteiger partial charge in [-0.05, 0) is 35.6 Å². The first-order valence-electron chi connectivity index (χ1n) is 7.66. The topological polar surface area (TPSA) is 49.4 Å². The second-order valence-corrected chi connectivity index (χ2v) is 7.68. The fraction of sp³-hybridized carbons (Fsp3) is 0.333. The normalized spacial score (nSPS) is 13.8. The minimum Gasteiger partial charge on any atom is -0.321 e. The Kier molecular flexibility index (Phi) is 3.98. The van der Waals surface area contributed by atoms with E-state index in [2.05, 4.69) is 5.32 Å². The Morgan fingerprint density at radius 3 is 2.65 bits per heavy atom. The van der Waals surface area contributed by atoms with Crippen molar-refractivity contribution >= 4 is 34.5 Å². The zero-order valence-electron chi connectivity index (χ0n) is 13.6. The number of nitrogens with zero attached hydrogens (tertiary/aromatic N) is 1. The third-order valence-electron chi connectivity index (χ3n) is 3.87. The molecule has 0 atom stereocenters. The van der Waals surface area contributed by atoms with Crippen LogP contribution in [0.15, 0.2) is 35.7 Å². The molecule has 0 saturated heterocycles. The maximum absolute atomic E-state index is 12.6. The van der Waals surface area contributed by atoms with E-state index in [0.29, 0.717) is 11.4 Å². The van der Waals surface area contributed by atoms with Gasteiger partial charge < -0.3 is 10.2 Å². The highest BCUT2D eigenvalue weighted by molar-refractivity contribution is 7.12. The molecule has 4 nitrogen and oxygen atoms in total. The van der Waals surface area contributed by atoms with Crippen LogP contribution in [-0.4, -0.2) is 18.4 Å². The molecule has 23 heavy (non-hydrogen) atoms. The predicted octanol–water partition coefficient (Wildman–Crippen LogP) is 3.94. The predicted molar refractivity (Wildman–Crippen MR) is 94.2 cm³/mol. The summed E-state index contributed by atoms with van der Waals surface area (Å²) in [7, 11) is 0. The van der Waals surface area contributed by atoms with E-state index < -0.39 is 5.41 Å². The van der Waals surface area contributed by atoms with Crippen LogP contribution >= 0.6 is 11.3 Å². The fourth-order valence-corrected chi connectivity index (χ4v) is 3.29. The lowest BCUT2D eigenvalue weighted by Gasteiger charge is -2.26. The molecule has 0 aliphatic carbocycles. The van der Waals surface area contributed by atoms with E-state index in [4.69, 9.17) is 0 Å². The molecule has 1 aliphatic heterocycles. The quantitative estimate of drug-likeness (QED) is 0.908. The molecule has 120 valence electrons. The second kappa shape index (κ2) is 5.81. The molecule has 0 unspecified atom stereocenters. The standard InChI is InChI=1S/C18H20N2O2S/c1-18(2,3)17(22)20-9-8-12-6-7-13(11-14(12)20)19-16(21)15-5-4-10-23-15/h4-7,10-11H,8-9H2,1-3H3,(H,19,21). The lowest BCUT2D eigenvalue weighted by Crippen LogP contribution is -2.38. The highest BCUT2D eigenvalue weighted by Crippen LogP contribution is 2.34. The minimum atomic E-state index is -0.419. The van der Waals surface area contributed by atoms with Crippen LogP contribution in [0, 0.1) is 5.41 Å². The number of hydrogen-bond acceptors (Lipinski definition) is 3. The van der Waals surface area contributed by atoms with Crippen molar-refractivity contribution in [1.82, 2.24) is 0 Å². The van der Waals surface area contributed by atoms with Gasteiger partial charge in [-0.2, -0.15) is 0 Å². The number of hydrogen-bond donors (Lipinski definition) is 1. The van der Waals surface area contributed by atoms with Crippen molar-refractivity contribution < 1.29 is 9.59 Å². The van der Waals surface area contributed by atoms with Gasteiger partial charge in [0.2, 0.25) is 5.91 Å². The van der Waals surface area contributed by atoms with Crippen LogP contribution in [0.3, 0.4) is 0 Å². The maximum Gasteiger partial charge on any atom is 0.265 e. The molecular weight excluding hydrogens is 308 g/mol. The zero-order chi connectivity index (χ0) is 16.6. The van der Waals surface area contributed by atoms with Gasteiger partial charge in [0, 0.05) is 23.3 Å². The summed E-state index contributed by atoms with van der Waals surface area (Å²) in [4.78, 5) is 27.3. The van der Waals surface area contributed by atoms with Crippen molar-refractivity contribution in [1.29, 1.82) is 0 Å². The fourth-order valence-electron chi connectivity index (χ4n) is 2.67. The summed E-state index contributed by atoms with van der Waals surface area (Å²) in [6, 6.07) is 9.44. The van der Waals surface area contributed by atoms with E-state index in [-0.39, 0.29) is 11.8 Å². The van der Waals surface area contributed by atoms with E-state index in [9.17, 15) is 9.59 Å². The van der Waals surface area contributed by atoms with Crippen LogP contribution in [0.25, 0.3) is 0 Å². The molecule has 1 aromatic heterocycles. The molecule has 1 aromatic carbocycles. The lowest BCUT2D eigenvalue weighted by molar-refractivity contribution is -0.125. The number of carbonyl (C=O) groups excluding carboxylic acids is 2. The average molecular weight is 328 g/mol. The number of nitrogens with one attached hydrogen (secondary N) is 1. The first-order chi connectivity index (χ1) is 10.9. The van der Waals surface area contributed by atoms with Crippen molar-refractivity contribution in [2.24, 2.45) is 5.41 Å². The van der Waals surface area contributed by atoms with E-state index >= 15 is 0 Å². The van der Waals surface area contributed by atoms with Gasteiger partial charge in [0.15, 0.2) is 0 Å². The van der Waals surface area contributed by atoms with E-state index in [1.807, 2.05) is 55.3 Å². The molecule has 0 spiro atoms. The Bertz CT molecular complexity index is 745. The zero-order valence-corrected chi connectivity index (χ0v) is 14.4. The lowest BCUT2D eigenvalue weighted by atomic mass is 9.94. The molecule has 3 rings (SSSR count). The molecule has 2 amide bonds. The number of benzene rings is 1. The van der Waals surface area contributed by atoms with Gasteiger partial charge in [0.25, 0.3) is 5.91 Å². The second-order valence-electron chi connectivity index (χ2n) is 6.73. The van der Waals surface area contributed by atoms with Crippen LogP contribution in [0.1, 0.15) is 36.0 Å². The Labute approximate surface area is 140 Å².